The molecule has 1 saturated heterocycles. The number of hydrogen-bond donors (Lipinski definition) is 0. The summed E-state index contributed by atoms with van der Waals surface area (Å²) in [6, 6.07) is 9.51. The van der Waals surface area contributed by atoms with Crippen LogP contribution in [-0.4, -0.2) is 62.2 Å². The molecule has 0 spiro atoms. The Hall–Kier alpha value is -1.51. The van der Waals surface area contributed by atoms with Gasteiger partial charge in [-0.15, -0.1) is 10.2 Å². The van der Waals surface area contributed by atoms with Gasteiger partial charge < -0.3 is 4.90 Å². The second-order valence-electron chi connectivity index (χ2n) is 6.75. The maximum Gasteiger partial charge on any atom is 0.233 e. The number of hydrogen-bond acceptors (Lipinski definition) is 5. The maximum absolute atomic E-state index is 12.6. The van der Waals surface area contributed by atoms with E-state index in [1.54, 1.807) is 16.7 Å². The van der Waals surface area contributed by atoms with Crippen molar-refractivity contribution in [3.8, 4) is 0 Å². The minimum Gasteiger partial charge on any atom is -0.339 e. The molecule has 0 aliphatic carbocycles. The standard InChI is InChI=1S/C19H18Cl3N5OS/c20-14-3-1-13(2-4-14)10-25-5-7-26(8-6-25)17(28)12-29-19-24-23-18-16(22)9-15(21)11-27(18)19/h1-4,9,11H,5-8,10,12H2. The summed E-state index contributed by atoms with van der Waals surface area (Å²) < 4.78 is 1.71. The Kier molecular flexibility index (Phi) is 6.51. The van der Waals surface area contributed by atoms with Crippen molar-refractivity contribution in [3.63, 3.8) is 0 Å². The minimum atomic E-state index is 0.0889. The van der Waals surface area contributed by atoms with Crippen LogP contribution in [0.1, 0.15) is 5.56 Å². The number of carbonyl (C=O) groups is 1. The van der Waals surface area contributed by atoms with Crippen LogP contribution in [0.2, 0.25) is 15.1 Å². The van der Waals surface area contributed by atoms with Gasteiger partial charge in [-0.3, -0.25) is 14.1 Å². The monoisotopic (exact) mass is 469 g/mol. The van der Waals surface area contributed by atoms with Crippen molar-refractivity contribution in [1.29, 1.82) is 0 Å². The summed E-state index contributed by atoms with van der Waals surface area (Å²) in [6.45, 7) is 3.98. The lowest BCUT2D eigenvalue weighted by Crippen LogP contribution is -2.48. The van der Waals surface area contributed by atoms with Crippen molar-refractivity contribution >= 4 is 58.1 Å². The van der Waals surface area contributed by atoms with Crippen LogP contribution >= 0.6 is 46.6 Å². The quantitative estimate of drug-likeness (QED) is 0.525. The first-order valence-corrected chi connectivity index (χ1v) is 11.2. The van der Waals surface area contributed by atoms with Crippen molar-refractivity contribution in [2.45, 2.75) is 11.7 Å². The molecule has 6 nitrogen and oxygen atoms in total. The largest absolute Gasteiger partial charge is 0.339 e. The van der Waals surface area contributed by atoms with Gasteiger partial charge in [-0.2, -0.15) is 0 Å². The van der Waals surface area contributed by atoms with E-state index in [-0.39, 0.29) is 5.91 Å². The summed E-state index contributed by atoms with van der Waals surface area (Å²) in [5, 5.41) is 10.5. The van der Waals surface area contributed by atoms with Crippen molar-refractivity contribution in [3.05, 3.63) is 57.2 Å². The molecule has 1 fully saturated rings. The molecule has 0 radical (unpaired) electrons. The van der Waals surface area contributed by atoms with Gasteiger partial charge in [0.25, 0.3) is 0 Å². The summed E-state index contributed by atoms with van der Waals surface area (Å²) in [5.41, 5.74) is 1.75. The predicted octanol–water partition coefficient (Wildman–Crippen LogP) is 4.13. The van der Waals surface area contributed by atoms with Crippen LogP contribution in [0.15, 0.2) is 41.7 Å². The highest BCUT2D eigenvalue weighted by Crippen LogP contribution is 2.25. The van der Waals surface area contributed by atoms with Gasteiger partial charge in [-0.05, 0) is 23.8 Å². The number of nitrogens with zero attached hydrogens (tertiary/aromatic N) is 5. The third-order valence-corrected chi connectivity index (χ3v) is 6.43. The highest BCUT2D eigenvalue weighted by Gasteiger charge is 2.22. The van der Waals surface area contributed by atoms with Crippen LogP contribution in [0, 0.1) is 0 Å². The zero-order valence-electron chi connectivity index (χ0n) is 15.4. The van der Waals surface area contributed by atoms with Gasteiger partial charge in [0.1, 0.15) is 0 Å². The minimum absolute atomic E-state index is 0.0889. The number of aromatic nitrogens is 3. The lowest BCUT2D eigenvalue weighted by molar-refractivity contribution is -0.130. The predicted molar refractivity (Wildman–Crippen MR) is 117 cm³/mol. The molecule has 0 atom stereocenters. The number of amides is 1. The number of pyridine rings is 1. The van der Waals surface area contributed by atoms with Gasteiger partial charge in [0.05, 0.1) is 15.8 Å². The second kappa shape index (κ2) is 9.10. The van der Waals surface area contributed by atoms with E-state index in [0.29, 0.717) is 39.7 Å². The Morgan fingerprint density at radius 2 is 1.72 bits per heavy atom. The van der Waals surface area contributed by atoms with Crippen molar-refractivity contribution in [2.75, 3.05) is 31.9 Å². The molecule has 3 aromatic rings. The van der Waals surface area contributed by atoms with Crippen molar-refractivity contribution in [1.82, 2.24) is 24.4 Å². The normalized spacial score (nSPS) is 15.2. The van der Waals surface area contributed by atoms with Gasteiger partial charge in [-0.25, -0.2) is 0 Å². The first-order chi connectivity index (χ1) is 14.0. The zero-order chi connectivity index (χ0) is 20.4. The van der Waals surface area contributed by atoms with Crippen LogP contribution in [0.25, 0.3) is 5.65 Å². The molecular formula is C19H18Cl3N5OS. The van der Waals surface area contributed by atoms with Crippen molar-refractivity contribution < 1.29 is 4.79 Å². The molecule has 1 aromatic carbocycles. The highest BCUT2D eigenvalue weighted by molar-refractivity contribution is 7.99. The van der Waals surface area contributed by atoms with Gasteiger partial charge in [0.15, 0.2) is 10.8 Å². The van der Waals surface area contributed by atoms with Crippen molar-refractivity contribution in [2.24, 2.45) is 0 Å². The molecule has 2 aromatic heterocycles. The van der Waals surface area contributed by atoms with E-state index >= 15 is 0 Å². The lowest BCUT2D eigenvalue weighted by Gasteiger charge is -2.34. The molecule has 1 aliphatic heterocycles. The van der Waals surface area contributed by atoms with E-state index in [9.17, 15) is 4.79 Å². The second-order valence-corrected chi connectivity index (χ2v) is 8.98. The topological polar surface area (TPSA) is 53.7 Å². The Balaban J connectivity index is 1.30. The molecule has 29 heavy (non-hydrogen) atoms. The third kappa shape index (κ3) is 4.98. The summed E-state index contributed by atoms with van der Waals surface area (Å²) in [5.74, 6) is 0.383. The van der Waals surface area contributed by atoms with Crippen LogP contribution in [-0.2, 0) is 11.3 Å². The summed E-state index contributed by atoms with van der Waals surface area (Å²) >= 11 is 19.5. The number of fused-ring (bicyclic) bond motifs is 1. The molecule has 4 rings (SSSR count). The van der Waals surface area contributed by atoms with Crippen LogP contribution in [0.3, 0.4) is 0 Å². The fourth-order valence-corrected chi connectivity index (χ4v) is 4.67. The Morgan fingerprint density at radius 3 is 2.45 bits per heavy atom. The third-order valence-electron chi connectivity index (χ3n) is 4.76. The SMILES string of the molecule is O=C(CSc1nnc2c(Cl)cc(Cl)cn12)N1CCN(Cc2ccc(Cl)cc2)CC1. The fraction of sp³-hybridized carbons (Fsp3) is 0.316. The van der Waals surface area contributed by atoms with E-state index in [1.807, 2.05) is 29.2 Å². The average molecular weight is 471 g/mol. The zero-order valence-corrected chi connectivity index (χ0v) is 18.5. The molecule has 1 aliphatic rings. The van der Waals surface area contributed by atoms with E-state index in [4.69, 9.17) is 34.8 Å². The molecule has 10 heteroatoms. The summed E-state index contributed by atoms with van der Waals surface area (Å²) in [6.07, 6.45) is 1.70. The van der Waals surface area contributed by atoms with E-state index in [2.05, 4.69) is 15.1 Å². The first-order valence-electron chi connectivity index (χ1n) is 9.07. The number of piperazine rings is 1. The molecule has 0 unspecified atom stereocenters. The van der Waals surface area contributed by atoms with Crippen LogP contribution < -0.4 is 0 Å². The van der Waals surface area contributed by atoms with E-state index in [0.717, 1.165) is 24.7 Å². The molecule has 0 saturated carbocycles. The number of thioether (sulfide) groups is 1. The fourth-order valence-electron chi connectivity index (χ4n) is 3.22. The number of benzene rings is 1. The number of halogens is 3. The Morgan fingerprint density at radius 1 is 1.00 bits per heavy atom. The summed E-state index contributed by atoms with van der Waals surface area (Å²) in [7, 11) is 0. The van der Waals surface area contributed by atoms with Gasteiger partial charge in [0, 0.05) is 43.9 Å². The van der Waals surface area contributed by atoms with Gasteiger partial charge in [-0.1, -0.05) is 58.7 Å². The van der Waals surface area contributed by atoms with Gasteiger partial charge >= 0.3 is 0 Å². The molecule has 3 heterocycles. The number of carbonyl (C=O) groups excluding carboxylic acids is 1. The molecule has 0 bridgehead atoms. The molecule has 0 N–H and O–H groups in total. The first kappa shape index (κ1) is 20.8. The molecule has 1 amide bonds. The molecular weight excluding hydrogens is 453 g/mol. The number of rotatable bonds is 5. The average Bonchev–Trinajstić information content (AvgIpc) is 3.11. The van der Waals surface area contributed by atoms with E-state index in [1.165, 1.54) is 17.3 Å². The maximum atomic E-state index is 12.6. The van der Waals surface area contributed by atoms with Crippen LogP contribution in [0.5, 0.6) is 0 Å². The Labute approximate surface area is 187 Å². The van der Waals surface area contributed by atoms with Crippen LogP contribution in [0.4, 0.5) is 0 Å². The lowest BCUT2D eigenvalue weighted by atomic mass is 10.2. The molecule has 152 valence electrons. The highest BCUT2D eigenvalue weighted by atomic mass is 35.5. The Bertz CT molecular complexity index is 1020. The summed E-state index contributed by atoms with van der Waals surface area (Å²) in [4.78, 5) is 16.9. The van der Waals surface area contributed by atoms with Gasteiger partial charge in [0.2, 0.25) is 5.91 Å². The van der Waals surface area contributed by atoms with E-state index < -0.39 is 0 Å². The smallest absolute Gasteiger partial charge is 0.233 e.